The van der Waals surface area contributed by atoms with Crippen LogP contribution in [0.3, 0.4) is 0 Å². The summed E-state index contributed by atoms with van der Waals surface area (Å²) in [4.78, 5) is 29.9. The smallest absolute Gasteiger partial charge is 0.272 e. The van der Waals surface area contributed by atoms with Crippen LogP contribution >= 0.6 is 0 Å². The minimum atomic E-state index is -0.347. The Morgan fingerprint density at radius 3 is 1.93 bits per heavy atom. The molecule has 0 saturated carbocycles. The van der Waals surface area contributed by atoms with E-state index in [4.69, 9.17) is 4.74 Å². The zero-order chi connectivity index (χ0) is 19.1. The molecule has 0 aliphatic heterocycles. The van der Waals surface area contributed by atoms with Crippen LogP contribution in [0.2, 0.25) is 0 Å². The molecule has 1 aromatic heterocycles. The molecule has 5 nitrogen and oxygen atoms in total. The van der Waals surface area contributed by atoms with E-state index in [1.54, 1.807) is 12.2 Å². The van der Waals surface area contributed by atoms with Gasteiger partial charge in [-0.2, -0.15) is 0 Å². The average molecular weight is 362 g/mol. The Balaban J connectivity index is 1.89. The summed E-state index contributed by atoms with van der Waals surface area (Å²) < 4.78 is 5.62. The van der Waals surface area contributed by atoms with Gasteiger partial charge < -0.3 is 14.7 Å². The van der Waals surface area contributed by atoms with Crippen molar-refractivity contribution in [1.29, 1.82) is 0 Å². The maximum atomic E-state index is 12.3. The lowest BCUT2D eigenvalue weighted by Gasteiger charge is -2.04. The molecule has 2 N–H and O–H groups in total. The van der Waals surface area contributed by atoms with E-state index in [0.29, 0.717) is 6.61 Å². The molecular formula is C22H22N2O3. The molecule has 3 aromatic rings. The van der Waals surface area contributed by atoms with Crippen molar-refractivity contribution in [3.8, 4) is 5.75 Å². The summed E-state index contributed by atoms with van der Waals surface area (Å²) >= 11 is 0. The summed E-state index contributed by atoms with van der Waals surface area (Å²) in [5.74, 6) is 0.788. The van der Waals surface area contributed by atoms with Gasteiger partial charge in [0.15, 0.2) is 0 Å². The van der Waals surface area contributed by atoms with Gasteiger partial charge >= 0.3 is 0 Å². The SMILES string of the molecule is CCCCOc1ccc(C=c2[nH]c(=O)c(=Cc3ccccc3)[nH]c2=O)cc1. The Hall–Kier alpha value is -3.34. The van der Waals surface area contributed by atoms with Gasteiger partial charge in [0.2, 0.25) is 0 Å². The first-order valence-corrected chi connectivity index (χ1v) is 8.99. The molecule has 0 amide bonds. The van der Waals surface area contributed by atoms with Crippen LogP contribution in [0.1, 0.15) is 30.9 Å². The number of hydrogen-bond acceptors (Lipinski definition) is 3. The Morgan fingerprint density at radius 2 is 1.37 bits per heavy atom. The van der Waals surface area contributed by atoms with Crippen molar-refractivity contribution >= 4 is 12.2 Å². The van der Waals surface area contributed by atoms with Gasteiger partial charge in [-0.25, -0.2) is 0 Å². The van der Waals surface area contributed by atoms with Gasteiger partial charge in [-0.05, 0) is 41.8 Å². The van der Waals surface area contributed by atoms with Crippen molar-refractivity contribution < 1.29 is 4.74 Å². The molecule has 2 aromatic carbocycles. The predicted octanol–water partition coefficient (Wildman–Crippen LogP) is 1.90. The van der Waals surface area contributed by atoms with E-state index < -0.39 is 0 Å². The number of unbranched alkanes of at least 4 members (excludes halogenated alkanes) is 1. The molecule has 0 fully saturated rings. The van der Waals surface area contributed by atoms with Crippen molar-refractivity contribution in [2.45, 2.75) is 19.8 Å². The van der Waals surface area contributed by atoms with Gasteiger partial charge in [0.05, 0.1) is 6.61 Å². The largest absolute Gasteiger partial charge is 0.494 e. The number of rotatable bonds is 6. The summed E-state index contributed by atoms with van der Waals surface area (Å²) in [6, 6.07) is 16.8. The predicted molar refractivity (Wildman–Crippen MR) is 107 cm³/mol. The molecule has 0 unspecified atom stereocenters. The fraction of sp³-hybridized carbons (Fsp3) is 0.182. The number of aromatic amines is 2. The Kier molecular flexibility index (Phi) is 6.05. The second-order valence-electron chi connectivity index (χ2n) is 6.21. The minimum absolute atomic E-state index is 0.213. The van der Waals surface area contributed by atoms with Crippen LogP contribution in [0.5, 0.6) is 5.75 Å². The fourth-order valence-corrected chi connectivity index (χ4v) is 2.57. The van der Waals surface area contributed by atoms with Crippen LogP contribution in [-0.4, -0.2) is 16.6 Å². The Bertz CT molecular complexity index is 1110. The molecule has 0 spiro atoms. The Labute approximate surface area is 156 Å². The van der Waals surface area contributed by atoms with E-state index >= 15 is 0 Å². The maximum absolute atomic E-state index is 12.3. The number of aromatic nitrogens is 2. The molecule has 0 bridgehead atoms. The van der Waals surface area contributed by atoms with Crippen molar-refractivity contribution in [3.63, 3.8) is 0 Å². The van der Waals surface area contributed by atoms with E-state index in [9.17, 15) is 9.59 Å². The maximum Gasteiger partial charge on any atom is 0.272 e. The molecule has 5 heteroatoms. The van der Waals surface area contributed by atoms with Crippen LogP contribution < -0.4 is 26.6 Å². The summed E-state index contributed by atoms with van der Waals surface area (Å²) in [7, 11) is 0. The topological polar surface area (TPSA) is 75.0 Å². The third-order valence-electron chi connectivity index (χ3n) is 4.05. The summed E-state index contributed by atoms with van der Waals surface area (Å²) in [5, 5.41) is 0.438. The van der Waals surface area contributed by atoms with Crippen LogP contribution in [0.25, 0.3) is 12.2 Å². The number of nitrogens with one attached hydrogen (secondary N) is 2. The molecule has 1 heterocycles. The molecule has 27 heavy (non-hydrogen) atoms. The van der Waals surface area contributed by atoms with Crippen LogP contribution in [0.4, 0.5) is 0 Å². The number of hydrogen-bond donors (Lipinski definition) is 2. The molecule has 0 saturated heterocycles. The third kappa shape index (κ3) is 5.07. The highest BCUT2D eigenvalue weighted by Gasteiger charge is 1.98. The monoisotopic (exact) mass is 362 g/mol. The third-order valence-corrected chi connectivity index (χ3v) is 4.05. The first-order chi connectivity index (χ1) is 13.2. The highest BCUT2D eigenvalue weighted by Crippen LogP contribution is 2.12. The number of ether oxygens (including phenoxy) is 1. The second-order valence-corrected chi connectivity index (χ2v) is 6.21. The first-order valence-electron chi connectivity index (χ1n) is 8.99. The van der Waals surface area contributed by atoms with Gasteiger partial charge in [-0.15, -0.1) is 0 Å². The standard InChI is InChI=1S/C22H22N2O3/c1-2-3-13-27-18-11-9-17(10-12-18)15-20-22(26)23-19(21(25)24-20)14-16-7-5-4-6-8-16/h4-12,14-15H,2-3,13H2,1H3,(H,23,26)(H,24,25). The average Bonchev–Trinajstić information content (AvgIpc) is 2.68. The van der Waals surface area contributed by atoms with Crippen LogP contribution in [-0.2, 0) is 0 Å². The number of benzene rings is 2. The van der Waals surface area contributed by atoms with Gasteiger partial charge in [0, 0.05) is 0 Å². The van der Waals surface area contributed by atoms with Gasteiger partial charge in [-0.3, -0.25) is 9.59 Å². The second kappa shape index (κ2) is 8.85. The van der Waals surface area contributed by atoms with E-state index in [2.05, 4.69) is 16.9 Å². The summed E-state index contributed by atoms with van der Waals surface area (Å²) in [6.07, 6.45) is 5.38. The fourth-order valence-electron chi connectivity index (χ4n) is 2.57. The molecule has 0 radical (unpaired) electrons. The normalized spacial score (nSPS) is 12.3. The quantitative estimate of drug-likeness (QED) is 0.658. The summed E-state index contributed by atoms with van der Waals surface area (Å²) in [6.45, 7) is 2.80. The van der Waals surface area contributed by atoms with Gasteiger partial charge in [-0.1, -0.05) is 55.8 Å². The van der Waals surface area contributed by atoms with Crippen molar-refractivity contribution in [3.05, 3.63) is 97.1 Å². The van der Waals surface area contributed by atoms with Crippen molar-refractivity contribution in [2.75, 3.05) is 6.61 Å². The highest BCUT2D eigenvalue weighted by molar-refractivity contribution is 5.50. The minimum Gasteiger partial charge on any atom is -0.494 e. The lowest BCUT2D eigenvalue weighted by Crippen LogP contribution is -2.46. The lowest BCUT2D eigenvalue weighted by atomic mass is 10.2. The lowest BCUT2D eigenvalue weighted by molar-refractivity contribution is 0.309. The molecular weight excluding hydrogens is 340 g/mol. The van der Waals surface area contributed by atoms with E-state index in [1.165, 1.54) is 0 Å². The molecule has 0 atom stereocenters. The molecule has 0 aliphatic rings. The van der Waals surface area contributed by atoms with Gasteiger partial charge in [0.1, 0.15) is 16.4 Å². The van der Waals surface area contributed by atoms with E-state index in [0.717, 1.165) is 29.7 Å². The van der Waals surface area contributed by atoms with Crippen molar-refractivity contribution in [1.82, 2.24) is 9.97 Å². The van der Waals surface area contributed by atoms with E-state index in [-0.39, 0.29) is 21.8 Å². The Morgan fingerprint density at radius 1 is 0.815 bits per heavy atom. The summed E-state index contributed by atoms with van der Waals surface area (Å²) in [5.41, 5.74) is 0.956. The first kappa shape index (κ1) is 18.5. The zero-order valence-electron chi connectivity index (χ0n) is 15.2. The highest BCUT2D eigenvalue weighted by atomic mass is 16.5. The zero-order valence-corrected chi connectivity index (χ0v) is 15.2. The molecule has 138 valence electrons. The number of H-pyrrole nitrogens is 2. The van der Waals surface area contributed by atoms with Crippen molar-refractivity contribution in [2.24, 2.45) is 0 Å². The van der Waals surface area contributed by atoms with E-state index in [1.807, 2.05) is 54.6 Å². The molecule has 0 aliphatic carbocycles. The van der Waals surface area contributed by atoms with Crippen LogP contribution in [0.15, 0.2) is 64.2 Å². The van der Waals surface area contributed by atoms with Crippen LogP contribution in [0, 0.1) is 0 Å². The van der Waals surface area contributed by atoms with Gasteiger partial charge in [0.25, 0.3) is 11.1 Å². The molecule has 3 rings (SSSR count).